The molecule has 2 aliphatic heterocycles. The van der Waals surface area contributed by atoms with Crippen LogP contribution in [0.1, 0.15) is 34.3 Å². The van der Waals surface area contributed by atoms with Crippen molar-refractivity contribution < 1.29 is 19.1 Å². The van der Waals surface area contributed by atoms with Gasteiger partial charge in [0.05, 0.1) is 36.2 Å². The van der Waals surface area contributed by atoms with Crippen LogP contribution in [-0.2, 0) is 14.3 Å². The lowest BCUT2D eigenvalue weighted by molar-refractivity contribution is -0.119. The van der Waals surface area contributed by atoms with Crippen LogP contribution in [0.25, 0.3) is 11.3 Å². The Morgan fingerprint density at radius 2 is 1.68 bits per heavy atom. The first-order valence-electron chi connectivity index (χ1n) is 12.6. The quantitative estimate of drug-likeness (QED) is 0.360. The number of rotatable bonds is 7. The number of hydrogen-bond donors (Lipinski definition) is 2. The second-order valence-corrected chi connectivity index (χ2v) is 9.43. The zero-order valence-corrected chi connectivity index (χ0v) is 21.5. The minimum absolute atomic E-state index is 0.0604. The van der Waals surface area contributed by atoms with Gasteiger partial charge in [0.25, 0.3) is 5.91 Å². The molecule has 0 aliphatic carbocycles. The number of ether oxygens (including phenoxy) is 1. The molecule has 2 aliphatic rings. The Balaban J connectivity index is 1.44. The number of hydrogen-bond acceptors (Lipinski definition) is 6. The normalized spacial score (nSPS) is 16.0. The molecule has 0 aromatic heterocycles. The number of likely N-dealkylation sites (N-methyl/N-ethyl adjacent to an activating group) is 1. The second kappa shape index (κ2) is 10.9. The van der Waals surface area contributed by atoms with Crippen molar-refractivity contribution in [1.29, 1.82) is 0 Å². The monoisotopic (exact) mass is 510 g/mol. The zero-order valence-electron chi connectivity index (χ0n) is 21.5. The molecule has 8 heteroatoms. The van der Waals surface area contributed by atoms with Crippen molar-refractivity contribution in [2.24, 2.45) is 0 Å². The van der Waals surface area contributed by atoms with Gasteiger partial charge in [-0.2, -0.15) is 0 Å². The molecule has 0 radical (unpaired) electrons. The summed E-state index contributed by atoms with van der Waals surface area (Å²) in [4.78, 5) is 41.8. The Bertz CT molecular complexity index is 1390. The molecule has 3 aromatic carbocycles. The minimum Gasteiger partial charge on any atom is -0.465 e. The van der Waals surface area contributed by atoms with E-state index in [0.717, 1.165) is 42.9 Å². The lowest BCUT2D eigenvalue weighted by Gasteiger charge is -2.22. The van der Waals surface area contributed by atoms with E-state index in [0.29, 0.717) is 34.6 Å². The lowest BCUT2D eigenvalue weighted by Crippen LogP contribution is -2.37. The van der Waals surface area contributed by atoms with E-state index in [2.05, 4.69) is 15.5 Å². The second-order valence-electron chi connectivity index (χ2n) is 9.43. The summed E-state index contributed by atoms with van der Waals surface area (Å²) in [7, 11) is 3.12. The van der Waals surface area contributed by atoms with Crippen LogP contribution in [-0.4, -0.2) is 56.5 Å². The van der Waals surface area contributed by atoms with Gasteiger partial charge in [-0.25, -0.2) is 4.79 Å². The van der Waals surface area contributed by atoms with E-state index in [1.807, 2.05) is 54.6 Å². The van der Waals surface area contributed by atoms with Gasteiger partial charge >= 0.3 is 5.97 Å². The summed E-state index contributed by atoms with van der Waals surface area (Å²) in [5.74, 6) is -0.674. The van der Waals surface area contributed by atoms with Gasteiger partial charge < -0.3 is 20.3 Å². The standard InChI is InChI=1S/C30H30N4O4/c1-33(26(35)19-34-16-6-7-17-34)23-13-11-22(12-14-23)31-28(20-8-4-3-5-9-20)27-24-15-10-21(30(37)38-2)18-25(24)32-29(27)36/h3-5,8-15,18,31H,6-7,16-17,19H2,1-2H3,(H,32,36). The highest BCUT2D eigenvalue weighted by molar-refractivity contribution is 6.37. The summed E-state index contributed by atoms with van der Waals surface area (Å²) in [6.07, 6.45) is 2.29. The van der Waals surface area contributed by atoms with Gasteiger partial charge in [-0.15, -0.1) is 0 Å². The number of fused-ring (bicyclic) bond motifs is 1. The first-order valence-corrected chi connectivity index (χ1v) is 12.6. The molecule has 3 aromatic rings. The molecule has 1 saturated heterocycles. The SMILES string of the molecule is COC(=O)c1ccc2c(c1)NC(=O)C2=C(Nc1ccc(N(C)C(=O)CN2CCCC2)cc1)c1ccccc1. The number of esters is 1. The highest BCUT2D eigenvalue weighted by atomic mass is 16.5. The average Bonchev–Trinajstić information content (AvgIpc) is 3.58. The highest BCUT2D eigenvalue weighted by Crippen LogP contribution is 2.38. The summed E-state index contributed by atoms with van der Waals surface area (Å²) in [5.41, 5.74) is 5.13. The van der Waals surface area contributed by atoms with Crippen LogP contribution >= 0.6 is 0 Å². The van der Waals surface area contributed by atoms with Crippen LogP contribution in [0.3, 0.4) is 0 Å². The van der Waals surface area contributed by atoms with E-state index < -0.39 is 5.97 Å². The van der Waals surface area contributed by atoms with E-state index in [1.165, 1.54) is 7.11 Å². The molecule has 0 saturated carbocycles. The predicted octanol–water partition coefficient (Wildman–Crippen LogP) is 4.46. The molecule has 2 amide bonds. The van der Waals surface area contributed by atoms with Gasteiger partial charge in [0.2, 0.25) is 5.91 Å². The van der Waals surface area contributed by atoms with Crippen LogP contribution in [0, 0.1) is 0 Å². The Labute approximate surface area is 221 Å². The minimum atomic E-state index is -0.468. The van der Waals surface area contributed by atoms with Crippen molar-refractivity contribution in [3.8, 4) is 0 Å². The van der Waals surface area contributed by atoms with Crippen LogP contribution in [0.5, 0.6) is 0 Å². The van der Waals surface area contributed by atoms with E-state index in [1.54, 1.807) is 30.1 Å². The number of likely N-dealkylation sites (tertiary alicyclic amines) is 1. The Morgan fingerprint density at radius 1 is 0.974 bits per heavy atom. The fourth-order valence-corrected chi connectivity index (χ4v) is 4.84. The third kappa shape index (κ3) is 5.17. The highest BCUT2D eigenvalue weighted by Gasteiger charge is 2.29. The molecule has 0 bridgehead atoms. The van der Waals surface area contributed by atoms with Gasteiger partial charge in [-0.3, -0.25) is 14.5 Å². The molecule has 1 fully saturated rings. The summed E-state index contributed by atoms with van der Waals surface area (Å²) in [5, 5.41) is 6.30. The molecule has 0 atom stereocenters. The van der Waals surface area contributed by atoms with Crippen LogP contribution in [0.2, 0.25) is 0 Å². The maximum Gasteiger partial charge on any atom is 0.337 e. The van der Waals surface area contributed by atoms with Gasteiger partial charge in [0.15, 0.2) is 0 Å². The number of carbonyl (C=O) groups is 3. The van der Waals surface area contributed by atoms with Gasteiger partial charge in [-0.1, -0.05) is 36.4 Å². The average molecular weight is 511 g/mol. The maximum atomic E-state index is 13.2. The van der Waals surface area contributed by atoms with E-state index >= 15 is 0 Å². The Morgan fingerprint density at radius 3 is 2.37 bits per heavy atom. The molecule has 5 rings (SSSR count). The van der Waals surface area contributed by atoms with Gasteiger partial charge in [0, 0.05) is 24.0 Å². The fraction of sp³-hybridized carbons (Fsp3) is 0.233. The molecule has 8 nitrogen and oxygen atoms in total. The van der Waals surface area contributed by atoms with Crippen molar-refractivity contribution in [2.75, 3.05) is 49.3 Å². The maximum absolute atomic E-state index is 13.2. The summed E-state index contributed by atoms with van der Waals surface area (Å²) in [6.45, 7) is 2.37. The third-order valence-electron chi connectivity index (χ3n) is 6.95. The van der Waals surface area contributed by atoms with Crippen molar-refractivity contribution in [3.05, 3.63) is 89.5 Å². The van der Waals surface area contributed by atoms with Crippen molar-refractivity contribution in [1.82, 2.24) is 4.90 Å². The summed E-state index contributed by atoms with van der Waals surface area (Å²) in [6, 6.07) is 22.2. The van der Waals surface area contributed by atoms with Crippen molar-refractivity contribution >= 4 is 46.1 Å². The number of amides is 2. The van der Waals surface area contributed by atoms with Crippen molar-refractivity contribution in [2.45, 2.75) is 12.8 Å². The van der Waals surface area contributed by atoms with E-state index in [9.17, 15) is 14.4 Å². The zero-order chi connectivity index (χ0) is 26.6. The topological polar surface area (TPSA) is 91.0 Å². The van der Waals surface area contributed by atoms with Crippen LogP contribution in [0.15, 0.2) is 72.8 Å². The number of carbonyl (C=O) groups excluding carboxylic acids is 3. The molecule has 194 valence electrons. The van der Waals surface area contributed by atoms with E-state index in [-0.39, 0.29) is 11.8 Å². The number of nitrogens with zero attached hydrogens (tertiary/aromatic N) is 2. The van der Waals surface area contributed by atoms with Gasteiger partial charge in [0.1, 0.15) is 0 Å². The molecule has 38 heavy (non-hydrogen) atoms. The summed E-state index contributed by atoms with van der Waals surface area (Å²) < 4.78 is 4.82. The Kier molecular flexibility index (Phi) is 7.24. The molecular weight excluding hydrogens is 480 g/mol. The predicted molar refractivity (Wildman–Crippen MR) is 149 cm³/mol. The van der Waals surface area contributed by atoms with Gasteiger partial charge in [-0.05, 0) is 67.9 Å². The first-order chi connectivity index (χ1) is 18.4. The number of anilines is 3. The van der Waals surface area contributed by atoms with Crippen LogP contribution in [0.4, 0.5) is 17.1 Å². The molecule has 2 heterocycles. The van der Waals surface area contributed by atoms with Crippen molar-refractivity contribution in [3.63, 3.8) is 0 Å². The number of nitrogens with one attached hydrogen (secondary N) is 2. The first kappa shape index (κ1) is 25.2. The fourth-order valence-electron chi connectivity index (χ4n) is 4.84. The smallest absolute Gasteiger partial charge is 0.337 e. The largest absolute Gasteiger partial charge is 0.465 e. The third-order valence-corrected chi connectivity index (χ3v) is 6.95. The molecule has 0 spiro atoms. The molecule has 0 unspecified atom stereocenters. The summed E-state index contributed by atoms with van der Waals surface area (Å²) >= 11 is 0. The molecule has 2 N–H and O–H groups in total. The number of methoxy groups -OCH3 is 1. The van der Waals surface area contributed by atoms with Crippen LogP contribution < -0.4 is 15.5 Å². The van der Waals surface area contributed by atoms with E-state index in [4.69, 9.17) is 4.74 Å². The Hall–Kier alpha value is -4.43. The number of benzene rings is 3. The molecular formula is C30H30N4O4. The lowest BCUT2D eigenvalue weighted by atomic mass is 9.99.